The smallest absolute Gasteiger partial charge is 0.144 e. The molecule has 0 saturated carbocycles. The molecule has 26 heavy (non-hydrogen) atoms. The minimum Gasteiger partial charge on any atom is -0.383 e. The number of nitrogens with one attached hydrogen (secondary N) is 2. The number of H-pyrrole nitrogens is 1. The number of rotatable bonds is 4. The van der Waals surface area contributed by atoms with Crippen molar-refractivity contribution in [1.82, 2.24) is 15.0 Å². The Bertz CT molecular complexity index is 975. The summed E-state index contributed by atoms with van der Waals surface area (Å²) >= 11 is 5.92. The molecule has 3 aromatic rings. The highest BCUT2D eigenvalue weighted by molar-refractivity contribution is 6.30. The van der Waals surface area contributed by atoms with E-state index in [1.807, 2.05) is 24.3 Å². The van der Waals surface area contributed by atoms with Crippen LogP contribution in [-0.4, -0.2) is 40.1 Å². The Morgan fingerprint density at radius 2 is 2.15 bits per heavy atom. The lowest BCUT2D eigenvalue weighted by Gasteiger charge is -2.26. The summed E-state index contributed by atoms with van der Waals surface area (Å²) in [4.78, 5) is 13.8. The first-order valence-electron chi connectivity index (χ1n) is 8.33. The number of hydrogen-bond donors (Lipinski definition) is 3. The van der Waals surface area contributed by atoms with E-state index in [9.17, 15) is 5.26 Å². The van der Waals surface area contributed by atoms with Gasteiger partial charge < -0.3 is 20.9 Å². The SMILES string of the molecule is N#Cc1c[nH]c2ncnc(N3CCC(N)(CNc4ccc(Cl)cc4)C3)c12. The fourth-order valence-electron chi connectivity index (χ4n) is 3.34. The van der Waals surface area contributed by atoms with Crippen LogP contribution in [0.25, 0.3) is 11.0 Å². The maximum absolute atomic E-state index is 9.34. The summed E-state index contributed by atoms with van der Waals surface area (Å²) in [7, 11) is 0. The van der Waals surface area contributed by atoms with Crippen LogP contribution < -0.4 is 16.0 Å². The molecule has 1 aliphatic rings. The Morgan fingerprint density at radius 1 is 1.35 bits per heavy atom. The zero-order valence-corrected chi connectivity index (χ0v) is 14.8. The molecule has 1 saturated heterocycles. The lowest BCUT2D eigenvalue weighted by Crippen LogP contribution is -2.48. The molecule has 0 spiro atoms. The highest BCUT2D eigenvalue weighted by atomic mass is 35.5. The molecule has 4 rings (SSSR count). The zero-order valence-electron chi connectivity index (χ0n) is 14.0. The summed E-state index contributed by atoms with van der Waals surface area (Å²) in [6.07, 6.45) is 4.00. The predicted octanol–water partition coefficient (Wildman–Crippen LogP) is 2.50. The number of nitrogens with two attached hydrogens (primary N) is 1. The van der Waals surface area contributed by atoms with Gasteiger partial charge in [-0.2, -0.15) is 5.26 Å². The first-order chi connectivity index (χ1) is 12.6. The molecule has 3 heterocycles. The van der Waals surface area contributed by atoms with Crippen LogP contribution in [0.5, 0.6) is 0 Å². The van der Waals surface area contributed by atoms with Gasteiger partial charge in [-0.1, -0.05) is 11.6 Å². The van der Waals surface area contributed by atoms with Gasteiger partial charge in [0.05, 0.1) is 16.5 Å². The quantitative estimate of drug-likeness (QED) is 0.654. The maximum Gasteiger partial charge on any atom is 0.144 e. The van der Waals surface area contributed by atoms with Crippen molar-refractivity contribution >= 4 is 34.1 Å². The standard InChI is InChI=1S/C18H18ClN7/c19-13-1-3-14(4-2-13)23-9-18(21)5-6-26(10-18)17-15-12(7-20)8-22-16(15)24-11-25-17/h1-4,8,11,23H,5-6,9-10,21H2,(H,22,24,25). The van der Waals surface area contributed by atoms with Gasteiger partial charge in [0.1, 0.15) is 23.9 Å². The average Bonchev–Trinajstić information content (AvgIpc) is 3.25. The van der Waals surface area contributed by atoms with E-state index in [1.165, 1.54) is 6.33 Å². The van der Waals surface area contributed by atoms with Crippen molar-refractivity contribution < 1.29 is 0 Å². The van der Waals surface area contributed by atoms with Gasteiger partial charge in [-0.15, -0.1) is 0 Å². The lowest BCUT2D eigenvalue weighted by atomic mass is 10.0. The van der Waals surface area contributed by atoms with Crippen molar-refractivity contribution in [1.29, 1.82) is 5.26 Å². The molecular formula is C18H18ClN7. The fraction of sp³-hybridized carbons (Fsp3) is 0.278. The number of anilines is 2. The number of aromatic nitrogens is 3. The fourth-order valence-corrected chi connectivity index (χ4v) is 3.47. The predicted molar refractivity (Wildman–Crippen MR) is 102 cm³/mol. The molecule has 1 unspecified atom stereocenters. The van der Waals surface area contributed by atoms with E-state index < -0.39 is 0 Å². The van der Waals surface area contributed by atoms with Crippen molar-refractivity contribution in [2.45, 2.75) is 12.0 Å². The van der Waals surface area contributed by atoms with E-state index in [1.54, 1.807) is 6.20 Å². The molecule has 0 bridgehead atoms. The Hall–Kier alpha value is -2.82. The molecular weight excluding hydrogens is 350 g/mol. The van der Waals surface area contributed by atoms with Gasteiger partial charge in [-0.25, -0.2) is 9.97 Å². The van der Waals surface area contributed by atoms with E-state index in [4.69, 9.17) is 17.3 Å². The largest absolute Gasteiger partial charge is 0.383 e. The van der Waals surface area contributed by atoms with Crippen LogP contribution in [-0.2, 0) is 0 Å². The molecule has 2 aromatic heterocycles. The molecule has 1 aromatic carbocycles. The van der Waals surface area contributed by atoms with Crippen LogP contribution in [0.1, 0.15) is 12.0 Å². The third-order valence-corrected chi connectivity index (χ3v) is 5.00. The first kappa shape index (κ1) is 16.6. The van der Waals surface area contributed by atoms with Gasteiger partial charge in [0.15, 0.2) is 0 Å². The number of aromatic amines is 1. The minimum absolute atomic E-state index is 0.389. The van der Waals surface area contributed by atoms with Crippen LogP contribution in [0.15, 0.2) is 36.8 Å². The highest BCUT2D eigenvalue weighted by Gasteiger charge is 2.36. The second-order valence-corrected chi connectivity index (χ2v) is 7.07. The summed E-state index contributed by atoms with van der Waals surface area (Å²) < 4.78 is 0. The summed E-state index contributed by atoms with van der Waals surface area (Å²) in [5.74, 6) is 0.756. The van der Waals surface area contributed by atoms with E-state index >= 15 is 0 Å². The van der Waals surface area contributed by atoms with Crippen LogP contribution in [0.2, 0.25) is 5.02 Å². The number of nitrogens with zero attached hydrogens (tertiary/aromatic N) is 4. The highest BCUT2D eigenvalue weighted by Crippen LogP contribution is 2.31. The van der Waals surface area contributed by atoms with E-state index in [0.717, 1.165) is 29.9 Å². The summed E-state index contributed by atoms with van der Waals surface area (Å²) in [6, 6.07) is 9.76. The molecule has 132 valence electrons. The van der Waals surface area contributed by atoms with Crippen molar-refractivity contribution in [2.75, 3.05) is 29.9 Å². The molecule has 0 radical (unpaired) electrons. The monoisotopic (exact) mass is 367 g/mol. The summed E-state index contributed by atoms with van der Waals surface area (Å²) in [5.41, 5.74) is 8.42. The van der Waals surface area contributed by atoms with E-state index in [0.29, 0.717) is 29.3 Å². The van der Waals surface area contributed by atoms with Gasteiger partial charge in [-0.3, -0.25) is 0 Å². The molecule has 1 fully saturated rings. The Balaban J connectivity index is 1.52. The molecule has 0 amide bonds. The zero-order chi connectivity index (χ0) is 18.1. The topological polar surface area (TPSA) is 107 Å². The maximum atomic E-state index is 9.34. The number of fused-ring (bicyclic) bond motifs is 1. The Kier molecular flexibility index (Phi) is 4.15. The Morgan fingerprint density at radius 3 is 2.92 bits per heavy atom. The van der Waals surface area contributed by atoms with Crippen LogP contribution in [0, 0.1) is 11.3 Å². The lowest BCUT2D eigenvalue weighted by molar-refractivity contribution is 0.499. The van der Waals surface area contributed by atoms with Gasteiger partial charge >= 0.3 is 0 Å². The average molecular weight is 368 g/mol. The molecule has 7 nitrogen and oxygen atoms in total. The van der Waals surface area contributed by atoms with E-state index in [2.05, 4.69) is 31.2 Å². The third-order valence-electron chi connectivity index (χ3n) is 4.74. The number of hydrogen-bond acceptors (Lipinski definition) is 6. The van der Waals surface area contributed by atoms with Gasteiger partial charge in [0, 0.05) is 36.5 Å². The van der Waals surface area contributed by atoms with Crippen molar-refractivity contribution in [3.63, 3.8) is 0 Å². The Labute approximate surface area is 155 Å². The van der Waals surface area contributed by atoms with Gasteiger partial charge in [0.2, 0.25) is 0 Å². The molecule has 4 N–H and O–H groups in total. The summed E-state index contributed by atoms with van der Waals surface area (Å²) in [6.45, 7) is 2.06. The van der Waals surface area contributed by atoms with Gasteiger partial charge in [0.25, 0.3) is 0 Å². The molecule has 8 heteroatoms. The van der Waals surface area contributed by atoms with Gasteiger partial charge in [-0.05, 0) is 30.7 Å². The van der Waals surface area contributed by atoms with Crippen molar-refractivity contribution in [3.05, 3.63) is 47.4 Å². The number of halogens is 1. The second kappa shape index (κ2) is 6.48. The normalized spacial score (nSPS) is 19.7. The van der Waals surface area contributed by atoms with Crippen LogP contribution in [0.4, 0.5) is 11.5 Å². The molecule has 1 atom stereocenters. The van der Waals surface area contributed by atoms with Crippen molar-refractivity contribution in [2.24, 2.45) is 5.73 Å². The van der Waals surface area contributed by atoms with E-state index in [-0.39, 0.29) is 5.54 Å². The van der Waals surface area contributed by atoms with Crippen LogP contribution in [0.3, 0.4) is 0 Å². The third kappa shape index (κ3) is 3.05. The minimum atomic E-state index is -0.389. The van der Waals surface area contributed by atoms with Crippen molar-refractivity contribution in [3.8, 4) is 6.07 Å². The summed E-state index contributed by atoms with van der Waals surface area (Å²) in [5, 5.41) is 14.2. The number of benzene rings is 1. The number of nitriles is 1. The first-order valence-corrected chi connectivity index (χ1v) is 8.71. The van der Waals surface area contributed by atoms with Crippen LogP contribution >= 0.6 is 11.6 Å². The second-order valence-electron chi connectivity index (χ2n) is 6.63. The molecule has 1 aliphatic heterocycles. The molecule has 0 aliphatic carbocycles.